The van der Waals surface area contributed by atoms with E-state index in [9.17, 15) is 4.39 Å². The number of hydrogen-bond donors (Lipinski definition) is 1. The normalized spacial score (nSPS) is 16.4. The van der Waals surface area contributed by atoms with Crippen molar-refractivity contribution in [1.29, 1.82) is 0 Å². The number of aryl methyl sites for hydroxylation is 1. The Labute approximate surface area is 191 Å². The Morgan fingerprint density at radius 2 is 2.06 bits per heavy atom. The predicted octanol–water partition coefficient (Wildman–Crippen LogP) is 3.15. The van der Waals surface area contributed by atoms with Crippen LogP contribution in [0.4, 0.5) is 4.39 Å². The molecule has 0 spiro atoms. The van der Waals surface area contributed by atoms with Crippen molar-refractivity contribution in [2.45, 2.75) is 39.3 Å². The van der Waals surface area contributed by atoms with Crippen LogP contribution in [0.5, 0.6) is 0 Å². The van der Waals surface area contributed by atoms with Gasteiger partial charge in [0, 0.05) is 52.0 Å². The highest BCUT2D eigenvalue weighted by atomic mass is 19.1. The molecule has 7 nitrogen and oxygen atoms in total. The first-order valence-corrected chi connectivity index (χ1v) is 11.5. The number of guanidine groups is 1. The smallest absolute Gasteiger partial charge is 0.194 e. The lowest BCUT2D eigenvalue weighted by molar-refractivity contribution is 0.0179. The molecule has 1 atom stereocenters. The maximum Gasteiger partial charge on any atom is 0.194 e. The molecular weight excluding hydrogens is 407 g/mol. The molecule has 1 aromatic carbocycles. The zero-order valence-corrected chi connectivity index (χ0v) is 20.0. The maximum atomic E-state index is 14.0. The second kappa shape index (κ2) is 11.4. The fraction of sp³-hybridized carbons (Fsp3) is 0.583. The van der Waals surface area contributed by atoms with Gasteiger partial charge in [-0.25, -0.2) is 4.39 Å². The van der Waals surface area contributed by atoms with Crippen molar-refractivity contribution in [3.05, 3.63) is 53.1 Å². The molecule has 0 amide bonds. The van der Waals surface area contributed by atoms with E-state index < -0.39 is 0 Å². The number of halogens is 1. The van der Waals surface area contributed by atoms with Crippen molar-refractivity contribution < 1.29 is 9.13 Å². The van der Waals surface area contributed by atoms with Gasteiger partial charge in [-0.05, 0) is 30.5 Å². The summed E-state index contributed by atoms with van der Waals surface area (Å²) >= 11 is 0. The first-order chi connectivity index (χ1) is 15.4. The third kappa shape index (κ3) is 6.29. The van der Waals surface area contributed by atoms with Crippen molar-refractivity contribution in [2.75, 3.05) is 46.4 Å². The summed E-state index contributed by atoms with van der Waals surface area (Å²) in [6.45, 7) is 11.4. The second-order valence-electron chi connectivity index (χ2n) is 8.64. The van der Waals surface area contributed by atoms with Crippen LogP contribution in [0.1, 0.15) is 49.6 Å². The van der Waals surface area contributed by atoms with Crippen molar-refractivity contribution in [3.8, 4) is 0 Å². The Balaban J connectivity index is 1.81. The van der Waals surface area contributed by atoms with E-state index in [0.29, 0.717) is 25.7 Å². The summed E-state index contributed by atoms with van der Waals surface area (Å²) in [6, 6.07) is 6.87. The fourth-order valence-corrected chi connectivity index (χ4v) is 4.17. The minimum absolute atomic E-state index is 0.00118. The van der Waals surface area contributed by atoms with E-state index >= 15 is 0 Å². The number of ether oxygens (including phenoxy) is 1. The molecule has 0 saturated carbocycles. The summed E-state index contributed by atoms with van der Waals surface area (Å²) in [5, 5.41) is 8.04. The molecule has 0 aliphatic carbocycles. The highest BCUT2D eigenvalue weighted by Gasteiger charge is 2.23. The van der Waals surface area contributed by atoms with Gasteiger partial charge in [-0.3, -0.25) is 14.6 Å². The van der Waals surface area contributed by atoms with Crippen LogP contribution in [0.25, 0.3) is 0 Å². The quantitative estimate of drug-likeness (QED) is 0.501. The molecule has 1 aliphatic heterocycles. The summed E-state index contributed by atoms with van der Waals surface area (Å²) in [6.07, 6.45) is 2.08. The van der Waals surface area contributed by atoms with Crippen LogP contribution in [0.3, 0.4) is 0 Å². The van der Waals surface area contributed by atoms with Gasteiger partial charge in [0.05, 0.1) is 31.5 Å². The Kier molecular flexibility index (Phi) is 8.64. The molecular formula is C24H37FN6O. The summed E-state index contributed by atoms with van der Waals surface area (Å²) in [5.41, 5.74) is 3.26. The van der Waals surface area contributed by atoms with Gasteiger partial charge in [-0.1, -0.05) is 26.0 Å². The molecule has 0 radical (unpaired) electrons. The third-order valence-electron chi connectivity index (χ3n) is 5.72. The SMILES string of the molecule is CCNC(=NCC(c1cccc(F)c1)N1CCOCC1)N(C)Cc1cn(C)nc1C(C)C. The third-order valence-corrected chi connectivity index (χ3v) is 5.72. The van der Waals surface area contributed by atoms with Crippen LogP contribution in [-0.4, -0.2) is 72.0 Å². The first kappa shape index (κ1) is 24.2. The van der Waals surface area contributed by atoms with E-state index in [1.54, 1.807) is 12.1 Å². The molecule has 2 aromatic rings. The lowest BCUT2D eigenvalue weighted by Gasteiger charge is -2.34. The fourth-order valence-electron chi connectivity index (χ4n) is 4.17. The van der Waals surface area contributed by atoms with Crippen LogP contribution in [-0.2, 0) is 18.3 Å². The van der Waals surface area contributed by atoms with E-state index in [0.717, 1.165) is 43.4 Å². The maximum absolute atomic E-state index is 14.0. The van der Waals surface area contributed by atoms with Crippen molar-refractivity contribution in [3.63, 3.8) is 0 Å². The molecule has 32 heavy (non-hydrogen) atoms. The van der Waals surface area contributed by atoms with Gasteiger partial charge in [0.2, 0.25) is 0 Å². The summed E-state index contributed by atoms with van der Waals surface area (Å²) in [5.74, 6) is 0.977. The highest BCUT2D eigenvalue weighted by molar-refractivity contribution is 5.79. The van der Waals surface area contributed by atoms with Crippen molar-refractivity contribution in [2.24, 2.45) is 12.0 Å². The number of rotatable bonds is 8. The standard InChI is InChI=1S/C24H37FN6O/c1-6-26-24(29(4)16-20-17-30(5)28-23(20)18(2)3)27-15-22(31-10-12-32-13-11-31)19-8-7-9-21(25)14-19/h7-9,14,17-18,22H,6,10-13,15-16H2,1-5H3,(H,26,27). The molecule has 1 aliphatic rings. The number of hydrogen-bond acceptors (Lipinski definition) is 4. The number of nitrogens with zero attached hydrogens (tertiary/aromatic N) is 5. The highest BCUT2D eigenvalue weighted by Crippen LogP contribution is 2.24. The Morgan fingerprint density at radius 1 is 1.31 bits per heavy atom. The molecule has 3 rings (SSSR count). The number of aromatic nitrogens is 2. The van der Waals surface area contributed by atoms with E-state index in [1.165, 1.54) is 11.6 Å². The van der Waals surface area contributed by atoms with E-state index in [2.05, 4.69) is 47.2 Å². The summed E-state index contributed by atoms with van der Waals surface area (Å²) in [4.78, 5) is 9.44. The first-order valence-electron chi connectivity index (χ1n) is 11.5. The van der Waals surface area contributed by atoms with Crippen LogP contribution >= 0.6 is 0 Å². The molecule has 8 heteroatoms. The number of aliphatic imine (C=N–C) groups is 1. The lowest BCUT2D eigenvalue weighted by Crippen LogP contribution is -2.42. The van der Waals surface area contributed by atoms with Gasteiger partial charge >= 0.3 is 0 Å². The van der Waals surface area contributed by atoms with E-state index in [1.807, 2.05) is 24.8 Å². The topological polar surface area (TPSA) is 57.9 Å². The van der Waals surface area contributed by atoms with Gasteiger partial charge in [0.1, 0.15) is 5.82 Å². The zero-order chi connectivity index (χ0) is 23.1. The van der Waals surface area contributed by atoms with Crippen LogP contribution in [0.15, 0.2) is 35.5 Å². The average Bonchev–Trinajstić information content (AvgIpc) is 3.14. The average molecular weight is 445 g/mol. The van der Waals surface area contributed by atoms with Gasteiger partial charge in [0.25, 0.3) is 0 Å². The molecule has 1 saturated heterocycles. The minimum atomic E-state index is -0.216. The number of benzene rings is 1. The van der Waals surface area contributed by atoms with Gasteiger partial charge < -0.3 is 15.0 Å². The molecule has 1 aromatic heterocycles. The number of morpholine rings is 1. The van der Waals surface area contributed by atoms with E-state index in [-0.39, 0.29) is 11.9 Å². The second-order valence-corrected chi connectivity index (χ2v) is 8.64. The van der Waals surface area contributed by atoms with Crippen LogP contribution in [0, 0.1) is 5.82 Å². The van der Waals surface area contributed by atoms with Gasteiger partial charge in [-0.15, -0.1) is 0 Å². The summed E-state index contributed by atoms with van der Waals surface area (Å²) in [7, 11) is 4.01. The van der Waals surface area contributed by atoms with E-state index in [4.69, 9.17) is 9.73 Å². The lowest BCUT2D eigenvalue weighted by atomic mass is 10.0. The predicted molar refractivity (Wildman–Crippen MR) is 126 cm³/mol. The molecule has 0 bridgehead atoms. The van der Waals surface area contributed by atoms with Crippen molar-refractivity contribution >= 4 is 5.96 Å². The Bertz CT molecular complexity index is 890. The van der Waals surface area contributed by atoms with Gasteiger partial charge in [0.15, 0.2) is 5.96 Å². The monoisotopic (exact) mass is 444 g/mol. The Morgan fingerprint density at radius 3 is 2.72 bits per heavy atom. The molecule has 1 N–H and O–H groups in total. The largest absolute Gasteiger partial charge is 0.379 e. The molecule has 1 unspecified atom stereocenters. The van der Waals surface area contributed by atoms with Crippen LogP contribution < -0.4 is 5.32 Å². The summed E-state index contributed by atoms with van der Waals surface area (Å²) < 4.78 is 21.4. The Hall–Kier alpha value is -2.45. The van der Waals surface area contributed by atoms with Crippen molar-refractivity contribution in [1.82, 2.24) is 24.9 Å². The number of nitrogens with one attached hydrogen (secondary N) is 1. The minimum Gasteiger partial charge on any atom is -0.379 e. The van der Waals surface area contributed by atoms with Gasteiger partial charge in [-0.2, -0.15) is 5.10 Å². The molecule has 176 valence electrons. The zero-order valence-electron chi connectivity index (χ0n) is 20.0. The molecule has 2 heterocycles. The van der Waals surface area contributed by atoms with Crippen LogP contribution in [0.2, 0.25) is 0 Å². The molecule has 1 fully saturated rings.